The van der Waals surface area contributed by atoms with Crippen molar-refractivity contribution in [3.63, 3.8) is 0 Å². The number of carbonyl (C=O) groups excluding carboxylic acids is 3. The van der Waals surface area contributed by atoms with Crippen molar-refractivity contribution < 1.29 is 29.0 Å². The number of rotatable bonds is 14. The van der Waals surface area contributed by atoms with E-state index in [1.165, 1.54) is 0 Å². The number of ether oxygens (including phenoxy) is 2. The summed E-state index contributed by atoms with van der Waals surface area (Å²) in [7, 11) is 0. The van der Waals surface area contributed by atoms with Crippen molar-refractivity contribution in [3.05, 3.63) is 95.6 Å². The summed E-state index contributed by atoms with van der Waals surface area (Å²) < 4.78 is 11.4. The molecule has 0 saturated carbocycles. The lowest BCUT2D eigenvalue weighted by Crippen LogP contribution is -2.70. The van der Waals surface area contributed by atoms with E-state index in [0.29, 0.717) is 31.7 Å². The molecule has 5 rings (SSSR count). The number of aliphatic hydroxyl groups is 1. The number of nitrogens with zero attached hydrogens (tertiary/aromatic N) is 2. The van der Waals surface area contributed by atoms with E-state index >= 15 is 0 Å². The summed E-state index contributed by atoms with van der Waals surface area (Å²) in [6.07, 6.45) is 1.20. The number of nitrogens with one attached hydrogen (secondary N) is 1. The SMILES string of the molecule is CCOC(=O)CC1[C@@H]2[C@@H](NCc3ccccc3)c3cc(OCCCO)ccc3N2C(=O)[C@H](C(C)C)N1C(=O)CCc1ccccc1. The molecule has 4 atom stereocenters. The van der Waals surface area contributed by atoms with Crippen molar-refractivity contribution in [1.29, 1.82) is 0 Å². The topological polar surface area (TPSA) is 108 Å². The minimum Gasteiger partial charge on any atom is -0.493 e. The minimum atomic E-state index is -0.750. The molecule has 0 bridgehead atoms. The molecule has 244 valence electrons. The maximum atomic E-state index is 14.6. The normalized spacial score (nSPS) is 20.4. The van der Waals surface area contributed by atoms with Gasteiger partial charge < -0.3 is 29.7 Å². The highest BCUT2D eigenvalue weighted by Crippen LogP contribution is 2.48. The van der Waals surface area contributed by atoms with E-state index in [-0.39, 0.29) is 43.8 Å². The standard InChI is InChI=1S/C37H45N3O6/c1-4-45-33(43)23-31-36-34(38-24-27-14-9-6-10-15-27)29-22-28(46-21-11-20-41)17-18-30(29)40(36)37(44)35(25(2)3)39(31)32(42)19-16-26-12-7-5-8-13-26/h5-10,12-15,17-18,22,25,31,34-36,38,41H,4,11,16,19-21,23-24H2,1-3H3/t31?,34-,35-,36+/m0/s1. The van der Waals surface area contributed by atoms with Crippen molar-refractivity contribution in [2.75, 3.05) is 24.7 Å². The van der Waals surface area contributed by atoms with Gasteiger partial charge in [0.1, 0.15) is 11.8 Å². The molecule has 3 aromatic rings. The summed E-state index contributed by atoms with van der Waals surface area (Å²) in [4.78, 5) is 45.6. The van der Waals surface area contributed by atoms with Gasteiger partial charge in [-0.1, -0.05) is 74.5 Å². The Hall–Kier alpha value is -4.21. The van der Waals surface area contributed by atoms with E-state index in [4.69, 9.17) is 9.47 Å². The Morgan fingerprint density at radius 2 is 1.67 bits per heavy atom. The molecular weight excluding hydrogens is 582 g/mol. The molecule has 2 aliphatic heterocycles. The van der Waals surface area contributed by atoms with Crippen LogP contribution in [-0.4, -0.2) is 65.7 Å². The molecule has 9 nitrogen and oxygen atoms in total. The highest BCUT2D eigenvalue weighted by Gasteiger charge is 2.57. The first kappa shape index (κ1) is 33.2. The Kier molecular flexibility index (Phi) is 11.1. The molecule has 2 N–H and O–H groups in total. The van der Waals surface area contributed by atoms with Gasteiger partial charge in [0.05, 0.1) is 37.8 Å². The fourth-order valence-electron chi connectivity index (χ4n) is 6.77. The van der Waals surface area contributed by atoms with Gasteiger partial charge in [0.2, 0.25) is 11.8 Å². The quantitative estimate of drug-likeness (QED) is 0.195. The van der Waals surface area contributed by atoms with Crippen LogP contribution in [0.15, 0.2) is 78.9 Å². The van der Waals surface area contributed by atoms with Gasteiger partial charge in [0.25, 0.3) is 0 Å². The average Bonchev–Trinajstić information content (AvgIpc) is 3.38. The van der Waals surface area contributed by atoms with Crippen molar-refractivity contribution >= 4 is 23.5 Å². The maximum Gasteiger partial charge on any atom is 0.307 e. The second kappa shape index (κ2) is 15.4. The van der Waals surface area contributed by atoms with Gasteiger partial charge in [-0.2, -0.15) is 0 Å². The first-order chi connectivity index (χ1) is 22.3. The zero-order valence-corrected chi connectivity index (χ0v) is 26.9. The first-order valence-electron chi connectivity index (χ1n) is 16.3. The summed E-state index contributed by atoms with van der Waals surface area (Å²) in [6, 6.07) is 23.1. The lowest BCUT2D eigenvalue weighted by molar-refractivity contribution is -0.154. The molecule has 3 aromatic carbocycles. The molecule has 1 saturated heterocycles. The number of piperazine rings is 1. The number of amides is 2. The van der Waals surface area contributed by atoms with Crippen LogP contribution in [0, 0.1) is 5.92 Å². The van der Waals surface area contributed by atoms with Crippen molar-refractivity contribution in [2.24, 2.45) is 5.92 Å². The van der Waals surface area contributed by atoms with Crippen LogP contribution in [0.25, 0.3) is 0 Å². The maximum absolute atomic E-state index is 14.6. The zero-order chi connectivity index (χ0) is 32.6. The van der Waals surface area contributed by atoms with E-state index in [9.17, 15) is 19.5 Å². The Labute approximate surface area is 271 Å². The number of aliphatic hydroxyl groups excluding tert-OH is 1. The molecule has 0 aromatic heterocycles. The fourth-order valence-corrected chi connectivity index (χ4v) is 6.77. The third kappa shape index (κ3) is 7.26. The Morgan fingerprint density at radius 3 is 2.33 bits per heavy atom. The van der Waals surface area contributed by atoms with Crippen LogP contribution in [0.2, 0.25) is 0 Å². The second-order valence-electron chi connectivity index (χ2n) is 12.2. The highest BCUT2D eigenvalue weighted by atomic mass is 16.5. The predicted molar refractivity (Wildman–Crippen MR) is 176 cm³/mol. The lowest BCUT2D eigenvalue weighted by atomic mass is 9.86. The number of hydrogen-bond acceptors (Lipinski definition) is 7. The Morgan fingerprint density at radius 1 is 0.978 bits per heavy atom. The molecule has 1 fully saturated rings. The number of carbonyl (C=O) groups is 3. The number of aryl methyl sites for hydroxylation is 1. The van der Waals surface area contributed by atoms with Gasteiger partial charge in [-0.15, -0.1) is 0 Å². The summed E-state index contributed by atoms with van der Waals surface area (Å²) in [5.74, 6) is -0.289. The van der Waals surface area contributed by atoms with Crippen LogP contribution in [0.5, 0.6) is 5.75 Å². The highest BCUT2D eigenvalue weighted by molar-refractivity contribution is 6.04. The van der Waals surface area contributed by atoms with Crippen LogP contribution in [-0.2, 0) is 32.1 Å². The van der Waals surface area contributed by atoms with Gasteiger partial charge >= 0.3 is 5.97 Å². The first-order valence-corrected chi connectivity index (χ1v) is 16.3. The second-order valence-corrected chi connectivity index (χ2v) is 12.2. The molecule has 0 radical (unpaired) electrons. The molecule has 1 unspecified atom stereocenters. The van der Waals surface area contributed by atoms with Crippen LogP contribution in [0.1, 0.15) is 62.8 Å². The van der Waals surface area contributed by atoms with Gasteiger partial charge in [0.15, 0.2) is 0 Å². The fraction of sp³-hybridized carbons (Fsp3) is 0.432. The van der Waals surface area contributed by atoms with Crippen molar-refractivity contribution in [2.45, 2.75) is 77.2 Å². The molecule has 46 heavy (non-hydrogen) atoms. The summed E-state index contributed by atoms with van der Waals surface area (Å²) in [5.41, 5.74) is 3.71. The van der Waals surface area contributed by atoms with Crippen LogP contribution in [0.3, 0.4) is 0 Å². The van der Waals surface area contributed by atoms with E-state index in [1.54, 1.807) is 11.8 Å². The van der Waals surface area contributed by atoms with Crippen LogP contribution < -0.4 is 15.0 Å². The zero-order valence-electron chi connectivity index (χ0n) is 26.9. The largest absolute Gasteiger partial charge is 0.493 e. The molecule has 2 amide bonds. The number of hydrogen-bond donors (Lipinski definition) is 2. The Balaban J connectivity index is 1.57. The Bertz CT molecular complexity index is 1480. The third-order valence-corrected chi connectivity index (χ3v) is 8.79. The molecular formula is C37H45N3O6. The number of anilines is 1. The lowest BCUT2D eigenvalue weighted by Gasteiger charge is -2.51. The van der Waals surface area contributed by atoms with E-state index < -0.39 is 30.1 Å². The van der Waals surface area contributed by atoms with Gasteiger partial charge in [-0.05, 0) is 54.2 Å². The average molecular weight is 628 g/mol. The smallest absolute Gasteiger partial charge is 0.307 e. The van der Waals surface area contributed by atoms with E-state index in [2.05, 4.69) is 5.32 Å². The summed E-state index contributed by atoms with van der Waals surface area (Å²) in [5, 5.41) is 13.0. The van der Waals surface area contributed by atoms with Crippen LogP contribution >= 0.6 is 0 Å². The third-order valence-electron chi connectivity index (χ3n) is 8.79. The van der Waals surface area contributed by atoms with Gasteiger partial charge in [-0.25, -0.2) is 0 Å². The van der Waals surface area contributed by atoms with Gasteiger partial charge in [-0.3, -0.25) is 14.4 Å². The number of benzene rings is 3. The van der Waals surface area contributed by atoms with Crippen molar-refractivity contribution in [3.8, 4) is 5.75 Å². The van der Waals surface area contributed by atoms with Crippen LogP contribution in [0.4, 0.5) is 5.69 Å². The number of esters is 1. The summed E-state index contributed by atoms with van der Waals surface area (Å²) >= 11 is 0. The van der Waals surface area contributed by atoms with Crippen molar-refractivity contribution in [1.82, 2.24) is 10.2 Å². The molecule has 2 aliphatic rings. The van der Waals surface area contributed by atoms with Gasteiger partial charge in [0, 0.05) is 31.7 Å². The number of fused-ring (bicyclic) bond motifs is 3. The molecule has 2 heterocycles. The van der Waals surface area contributed by atoms with E-state index in [0.717, 1.165) is 22.4 Å². The molecule has 0 spiro atoms. The predicted octanol–water partition coefficient (Wildman–Crippen LogP) is 4.82. The monoisotopic (exact) mass is 627 g/mol. The molecule has 0 aliphatic carbocycles. The van der Waals surface area contributed by atoms with E-state index in [1.807, 2.05) is 97.6 Å². The molecule has 9 heteroatoms. The minimum absolute atomic E-state index is 0.0246. The summed E-state index contributed by atoms with van der Waals surface area (Å²) in [6.45, 7) is 6.77.